The van der Waals surface area contributed by atoms with Gasteiger partial charge >= 0.3 is 72.6 Å². The number of likely N-dealkylation sites (tertiary alicyclic amines) is 3. The normalized spacial score (nSPS) is 14.5. The Labute approximate surface area is 497 Å². The van der Waals surface area contributed by atoms with Gasteiger partial charge in [-0.05, 0) is 157 Å². The van der Waals surface area contributed by atoms with Crippen molar-refractivity contribution in [3.8, 4) is 33.8 Å². The standard InChI is InChI=1S/C17H19BrFN3O2.C17H20FN3O2.C9H7FN2.C9H17NO5S.BHNS.Na.H/c1-17(2,3)24-16(23)21-8-13(9-21)22-10-20-14(15(22)18)11-4-6-12(19)7-5-11;1-17(2,3)23-16(22)20-8-14(9-20)21-10-15(19-11-21)12-4-6-13(18)7-5-12;10-8-3-1-7(2-4-8)9-5-11-6-12-9;1-9(2,3)14-8(11)10-5-7(6-10)15-16(4,12)13;1-2-3;;/h4-7,10,13H,8-9H2,1-3H3;4-7,10-11,14H,8-9H2,1-3H3;1-6H,(H,11,12);7H,5-6H2,1-4H3;3H;;/q;;;;;+1;-1. The summed E-state index contributed by atoms with van der Waals surface area (Å²) >= 11 is 6.75. The molecule has 0 atom stereocenters. The van der Waals surface area contributed by atoms with Gasteiger partial charge in [0.2, 0.25) is 0 Å². The molecule has 0 unspecified atom stereocenters. The molecule has 1 radical (unpaired) electrons. The number of H-pyrrole nitrogens is 1. The van der Waals surface area contributed by atoms with E-state index in [1.807, 2.05) is 56.9 Å². The van der Waals surface area contributed by atoms with Gasteiger partial charge in [0.15, 0.2) is 0 Å². The number of aromatic amines is 1. The molecule has 0 aliphatic carbocycles. The first-order valence-corrected chi connectivity index (χ1v) is 27.3. The zero-order chi connectivity index (χ0) is 57.8. The Kier molecular flexibility index (Phi) is 24.0. The van der Waals surface area contributed by atoms with E-state index >= 15 is 0 Å². The van der Waals surface area contributed by atoms with Crippen molar-refractivity contribution < 1.29 is 85.4 Å². The van der Waals surface area contributed by atoms with Crippen molar-refractivity contribution in [1.82, 2.24) is 43.8 Å². The molecule has 79 heavy (non-hydrogen) atoms. The Morgan fingerprint density at radius 3 is 1.49 bits per heavy atom. The number of aromatic nitrogens is 6. The van der Waals surface area contributed by atoms with Crippen LogP contribution in [0.3, 0.4) is 0 Å². The number of imidazole rings is 3. The number of rotatable bonds is 7. The van der Waals surface area contributed by atoms with Gasteiger partial charge in [0.1, 0.15) is 50.7 Å². The predicted molar refractivity (Wildman–Crippen MR) is 296 cm³/mol. The van der Waals surface area contributed by atoms with Crippen LogP contribution in [-0.2, 0) is 28.5 Å². The molecule has 6 heterocycles. The van der Waals surface area contributed by atoms with E-state index in [4.69, 9.17) is 18.4 Å². The number of benzene rings is 3. The fraction of sp³-hybridized carbons (Fsp3) is 0.423. The molecular weight excluding hydrogens is 1140 g/mol. The molecule has 3 aromatic carbocycles. The van der Waals surface area contributed by atoms with Crippen LogP contribution < -0.4 is 29.6 Å². The third-order valence-corrected chi connectivity index (χ3v) is 12.3. The summed E-state index contributed by atoms with van der Waals surface area (Å²) in [6.07, 6.45) is 8.22. The van der Waals surface area contributed by atoms with Crippen molar-refractivity contribution in [2.75, 3.05) is 45.5 Å². The summed E-state index contributed by atoms with van der Waals surface area (Å²) in [5.74, 6) is -0.764. The summed E-state index contributed by atoms with van der Waals surface area (Å²) in [4.78, 5) is 55.7. The molecule has 0 bridgehead atoms. The number of carbonyl (C=O) groups is 3. The smallest absolute Gasteiger partial charge is 1.00 e. The maximum atomic E-state index is 13.0. The average Bonchev–Trinajstić information content (AvgIpc) is 4.07. The molecule has 3 aliphatic heterocycles. The summed E-state index contributed by atoms with van der Waals surface area (Å²) in [5.41, 5.74) is 3.58. The van der Waals surface area contributed by atoms with Crippen LogP contribution in [0.4, 0.5) is 27.6 Å². The fourth-order valence-electron chi connectivity index (χ4n) is 7.20. The molecular formula is C52H65BBrF3N10NaO9S2. The number of thiol groups is 1. The van der Waals surface area contributed by atoms with Crippen LogP contribution in [-0.4, -0.2) is 147 Å². The molecule has 3 fully saturated rings. The van der Waals surface area contributed by atoms with Crippen molar-refractivity contribution in [2.45, 2.75) is 97.3 Å². The minimum Gasteiger partial charge on any atom is -1.00 e. The summed E-state index contributed by atoms with van der Waals surface area (Å²) in [7, 11) is 0.889. The van der Waals surface area contributed by atoms with Crippen molar-refractivity contribution in [2.24, 2.45) is 4.30 Å². The summed E-state index contributed by atoms with van der Waals surface area (Å²) in [6.45, 7) is 19.3. The number of hydrogen-bond acceptors (Lipinski definition) is 14. The number of halogens is 4. The Bertz CT molecular complexity index is 3040. The number of amides is 3. The average molecular weight is 1210 g/mol. The second-order valence-corrected chi connectivity index (χ2v) is 23.6. The maximum absolute atomic E-state index is 13.0. The predicted octanol–water partition coefficient (Wildman–Crippen LogP) is 7.82. The van der Waals surface area contributed by atoms with Gasteiger partial charge in [0.05, 0.1) is 68.0 Å². The number of ether oxygens (including phenoxy) is 3. The molecule has 19 nitrogen and oxygen atoms in total. The largest absolute Gasteiger partial charge is 1.00 e. The van der Waals surface area contributed by atoms with E-state index in [9.17, 15) is 36.0 Å². The van der Waals surface area contributed by atoms with E-state index in [2.05, 4.69) is 60.6 Å². The quantitative estimate of drug-likeness (QED) is 0.0679. The van der Waals surface area contributed by atoms with Crippen molar-refractivity contribution in [3.63, 3.8) is 0 Å². The number of hydrogen-bond donors (Lipinski definition) is 2. The molecule has 3 aromatic heterocycles. The van der Waals surface area contributed by atoms with Gasteiger partial charge in [-0.1, -0.05) is 0 Å². The second-order valence-electron chi connectivity index (χ2n) is 21.0. The first-order valence-electron chi connectivity index (χ1n) is 24.3. The van der Waals surface area contributed by atoms with E-state index in [1.165, 1.54) is 41.3 Å². The molecule has 0 saturated carbocycles. The molecule has 1 N–H and O–H groups in total. The van der Waals surface area contributed by atoms with Crippen LogP contribution in [0, 0.1) is 17.5 Å². The summed E-state index contributed by atoms with van der Waals surface area (Å²) < 4.78 is 88.1. The van der Waals surface area contributed by atoms with Gasteiger partial charge < -0.3 is 44.5 Å². The van der Waals surface area contributed by atoms with Crippen molar-refractivity contribution >= 4 is 64.8 Å². The summed E-state index contributed by atoms with van der Waals surface area (Å²) in [5, 5.41) is 0. The SMILES string of the molecule is CC(C)(C)OC(=O)N1CC(OS(C)(=O)=O)C1.CC(C)(C)OC(=O)N1CC(n2cnc(-c3ccc(F)cc3)c2)C1.CC(C)(C)OC(=O)N1CC(n2cnc(-c3ccc(F)cc3)c2Br)C1.Fc1ccc(-c2cnc[nH]2)cc1.[B]=NS.[H-].[Na+]. The van der Waals surface area contributed by atoms with Gasteiger partial charge in [-0.2, -0.15) is 8.42 Å². The van der Waals surface area contributed by atoms with Gasteiger partial charge in [-0.3, -0.25) is 4.18 Å². The van der Waals surface area contributed by atoms with E-state index in [0.29, 0.717) is 26.2 Å². The van der Waals surface area contributed by atoms with Gasteiger partial charge in [0, 0.05) is 43.5 Å². The van der Waals surface area contributed by atoms with E-state index < -0.39 is 39.1 Å². The maximum Gasteiger partial charge on any atom is 1.00 e. The summed E-state index contributed by atoms with van der Waals surface area (Å²) in [6, 6.07) is 19.1. The Morgan fingerprint density at radius 1 is 0.684 bits per heavy atom. The minimum absolute atomic E-state index is 0. The molecule has 9 rings (SSSR count). The number of nitrogens with one attached hydrogen (secondary N) is 1. The van der Waals surface area contributed by atoms with Crippen LogP contribution >= 0.6 is 28.7 Å². The topological polar surface area (TPSA) is 209 Å². The first-order chi connectivity index (χ1) is 36.4. The second kappa shape index (κ2) is 28.8. The third-order valence-electron chi connectivity index (χ3n) is 10.9. The van der Waals surface area contributed by atoms with E-state index in [-0.39, 0.29) is 85.8 Å². The third kappa shape index (κ3) is 21.5. The molecule has 6 aromatic rings. The minimum atomic E-state index is -3.45. The molecule has 3 aliphatic rings. The van der Waals surface area contributed by atoms with E-state index in [0.717, 1.165) is 44.6 Å². The Balaban J connectivity index is 0.000000281. The molecule has 3 amide bonds. The first kappa shape index (κ1) is 66.0. The van der Waals surface area contributed by atoms with Crippen LogP contribution in [0.2, 0.25) is 0 Å². The van der Waals surface area contributed by atoms with Crippen LogP contribution in [0.1, 0.15) is 75.8 Å². The zero-order valence-corrected chi connectivity index (χ0v) is 51.2. The fourth-order valence-corrected chi connectivity index (χ4v) is 8.53. The van der Waals surface area contributed by atoms with Crippen LogP contribution in [0.15, 0.2) is 113 Å². The van der Waals surface area contributed by atoms with Crippen molar-refractivity contribution in [3.05, 3.63) is 126 Å². The number of nitrogens with zero attached hydrogens (tertiary/aromatic N) is 9. The van der Waals surface area contributed by atoms with E-state index in [1.54, 1.807) is 92.1 Å². The molecule has 3 saturated heterocycles. The Hall–Kier alpha value is -5.51. The Morgan fingerprint density at radius 2 is 1.09 bits per heavy atom. The van der Waals surface area contributed by atoms with Crippen molar-refractivity contribution in [1.29, 1.82) is 0 Å². The van der Waals surface area contributed by atoms with Gasteiger partial charge in [-0.15, -0.1) is 0 Å². The molecule has 421 valence electrons. The molecule has 0 spiro atoms. The molecule has 27 heteroatoms. The van der Waals surface area contributed by atoms with Crippen LogP contribution in [0.25, 0.3) is 33.8 Å². The zero-order valence-electron chi connectivity index (χ0n) is 46.9. The van der Waals surface area contributed by atoms with Gasteiger partial charge in [-0.25, -0.2) is 42.5 Å². The number of carbonyl (C=O) groups excluding carboxylic acids is 3. The van der Waals surface area contributed by atoms with Gasteiger partial charge in [0.25, 0.3) is 10.1 Å². The van der Waals surface area contributed by atoms with Crippen LogP contribution in [0.5, 0.6) is 0 Å². The monoisotopic (exact) mass is 1210 g/mol.